The fraction of sp³-hybridized carbons (Fsp3) is 0.0769. The van der Waals surface area contributed by atoms with Gasteiger partial charge < -0.3 is 10.6 Å². The van der Waals surface area contributed by atoms with E-state index >= 15 is 0 Å². The molecule has 8 heteroatoms. The third-order valence-corrected chi connectivity index (χ3v) is 3.68. The van der Waals surface area contributed by atoms with Crippen molar-refractivity contribution < 1.29 is 4.79 Å². The summed E-state index contributed by atoms with van der Waals surface area (Å²) < 4.78 is 0. The number of anilines is 2. The SMILES string of the molecule is CNc1ccc(Cl)c(C(=O)Nc2c(Cl)cc(Cl)cc2Cl)n1. The second kappa shape index (κ2) is 6.71. The van der Waals surface area contributed by atoms with Gasteiger partial charge in [-0.3, -0.25) is 4.79 Å². The van der Waals surface area contributed by atoms with Gasteiger partial charge in [0.25, 0.3) is 5.91 Å². The van der Waals surface area contributed by atoms with Crippen LogP contribution in [0.1, 0.15) is 10.5 Å². The number of carbonyl (C=O) groups excluding carboxylic acids is 1. The van der Waals surface area contributed by atoms with Crippen LogP contribution in [0.5, 0.6) is 0 Å². The molecule has 0 aliphatic carbocycles. The van der Waals surface area contributed by atoms with E-state index in [-0.39, 0.29) is 26.4 Å². The van der Waals surface area contributed by atoms with Crippen molar-refractivity contribution in [2.45, 2.75) is 0 Å². The molecule has 21 heavy (non-hydrogen) atoms. The molecule has 2 aromatic rings. The average Bonchev–Trinajstić information content (AvgIpc) is 2.43. The number of nitrogens with zero attached hydrogens (tertiary/aromatic N) is 1. The maximum Gasteiger partial charge on any atom is 0.275 e. The van der Waals surface area contributed by atoms with Crippen molar-refractivity contribution in [1.82, 2.24) is 4.98 Å². The molecule has 1 heterocycles. The van der Waals surface area contributed by atoms with Crippen LogP contribution in [0.2, 0.25) is 20.1 Å². The Bertz CT molecular complexity index is 683. The molecule has 1 aromatic heterocycles. The molecule has 0 bridgehead atoms. The minimum atomic E-state index is -0.525. The fourth-order valence-corrected chi connectivity index (χ4v) is 2.68. The third-order valence-electron chi connectivity index (χ3n) is 2.56. The van der Waals surface area contributed by atoms with Gasteiger partial charge >= 0.3 is 0 Å². The number of pyridine rings is 1. The molecule has 0 atom stereocenters. The van der Waals surface area contributed by atoms with Crippen LogP contribution in [0.25, 0.3) is 0 Å². The summed E-state index contributed by atoms with van der Waals surface area (Å²) in [4.78, 5) is 16.4. The quantitative estimate of drug-likeness (QED) is 0.806. The Hall–Kier alpha value is -1.20. The summed E-state index contributed by atoms with van der Waals surface area (Å²) >= 11 is 23.8. The van der Waals surface area contributed by atoms with Crippen LogP contribution < -0.4 is 10.6 Å². The van der Waals surface area contributed by atoms with Gasteiger partial charge in [0.15, 0.2) is 0 Å². The van der Waals surface area contributed by atoms with E-state index in [0.717, 1.165) is 0 Å². The lowest BCUT2D eigenvalue weighted by Gasteiger charge is -2.11. The van der Waals surface area contributed by atoms with Gasteiger partial charge in [0.1, 0.15) is 11.5 Å². The monoisotopic (exact) mass is 363 g/mol. The molecule has 0 saturated carbocycles. The molecule has 0 saturated heterocycles. The molecule has 2 rings (SSSR count). The van der Waals surface area contributed by atoms with Crippen molar-refractivity contribution in [2.24, 2.45) is 0 Å². The van der Waals surface area contributed by atoms with E-state index in [4.69, 9.17) is 46.4 Å². The summed E-state index contributed by atoms with van der Waals surface area (Å²) in [5.74, 6) is -0.0129. The zero-order valence-electron chi connectivity index (χ0n) is 10.7. The number of rotatable bonds is 3. The molecule has 110 valence electrons. The lowest BCUT2D eigenvalue weighted by Crippen LogP contribution is -2.15. The van der Waals surface area contributed by atoms with Crippen molar-refractivity contribution in [1.29, 1.82) is 0 Å². The summed E-state index contributed by atoms with van der Waals surface area (Å²) in [7, 11) is 1.69. The fourth-order valence-electron chi connectivity index (χ4n) is 1.57. The maximum atomic E-state index is 12.3. The minimum absolute atomic E-state index is 0.0607. The van der Waals surface area contributed by atoms with E-state index in [2.05, 4.69) is 15.6 Å². The van der Waals surface area contributed by atoms with Gasteiger partial charge in [-0.1, -0.05) is 46.4 Å². The molecule has 2 N–H and O–H groups in total. The lowest BCUT2D eigenvalue weighted by atomic mass is 10.2. The molecule has 0 aliphatic heterocycles. The molecule has 4 nitrogen and oxygen atoms in total. The molecule has 0 aliphatic rings. The van der Waals surface area contributed by atoms with E-state index in [1.165, 1.54) is 12.1 Å². The summed E-state index contributed by atoms with van der Waals surface area (Å²) in [6, 6.07) is 6.18. The first kappa shape index (κ1) is 16.2. The van der Waals surface area contributed by atoms with Crippen LogP contribution in [-0.4, -0.2) is 17.9 Å². The molecule has 0 radical (unpaired) electrons. The van der Waals surface area contributed by atoms with E-state index in [9.17, 15) is 4.79 Å². The molecule has 1 amide bonds. The molecular weight excluding hydrogens is 356 g/mol. The Balaban J connectivity index is 2.35. The smallest absolute Gasteiger partial charge is 0.275 e. The Morgan fingerprint density at radius 2 is 1.67 bits per heavy atom. The predicted molar refractivity (Wildman–Crippen MR) is 88.2 cm³/mol. The number of benzene rings is 1. The zero-order chi connectivity index (χ0) is 15.6. The van der Waals surface area contributed by atoms with Gasteiger partial charge in [0, 0.05) is 12.1 Å². The van der Waals surface area contributed by atoms with Gasteiger partial charge in [0.05, 0.1) is 20.8 Å². The summed E-state index contributed by atoms with van der Waals surface area (Å²) in [6.45, 7) is 0. The van der Waals surface area contributed by atoms with Crippen molar-refractivity contribution in [3.63, 3.8) is 0 Å². The summed E-state index contributed by atoms with van der Waals surface area (Å²) in [5, 5.41) is 6.44. The predicted octanol–water partition coefficient (Wildman–Crippen LogP) is 4.99. The van der Waals surface area contributed by atoms with Crippen LogP contribution >= 0.6 is 46.4 Å². The van der Waals surface area contributed by atoms with E-state index in [0.29, 0.717) is 10.8 Å². The molecule has 0 spiro atoms. The molecule has 0 fully saturated rings. The number of carbonyl (C=O) groups is 1. The topological polar surface area (TPSA) is 54.0 Å². The number of aromatic nitrogens is 1. The first-order valence-electron chi connectivity index (χ1n) is 5.72. The highest BCUT2D eigenvalue weighted by atomic mass is 35.5. The normalized spacial score (nSPS) is 10.3. The summed E-state index contributed by atoms with van der Waals surface area (Å²) in [6.07, 6.45) is 0. The largest absolute Gasteiger partial charge is 0.373 e. The van der Waals surface area contributed by atoms with Gasteiger partial charge in [-0.25, -0.2) is 4.98 Å². The van der Waals surface area contributed by atoms with Crippen molar-refractivity contribution in [3.05, 3.63) is 50.0 Å². The first-order chi connectivity index (χ1) is 9.92. The van der Waals surface area contributed by atoms with Gasteiger partial charge in [0.2, 0.25) is 0 Å². The van der Waals surface area contributed by atoms with Crippen molar-refractivity contribution in [3.8, 4) is 0 Å². The molecular formula is C13H9Cl4N3O. The van der Waals surface area contributed by atoms with Gasteiger partial charge in [-0.2, -0.15) is 0 Å². The standard InChI is InChI=1S/C13H9Cl4N3O/c1-18-10-3-2-7(15)12(19-10)13(21)20-11-8(16)4-6(14)5-9(11)17/h2-5H,1H3,(H,18,19)(H,20,21). The first-order valence-corrected chi connectivity index (χ1v) is 7.23. The van der Waals surface area contributed by atoms with Crippen LogP contribution in [0.3, 0.4) is 0 Å². The number of hydrogen-bond acceptors (Lipinski definition) is 3. The van der Waals surface area contributed by atoms with E-state index < -0.39 is 5.91 Å². The third kappa shape index (κ3) is 3.71. The Labute approximate surface area is 141 Å². The number of halogens is 4. The van der Waals surface area contributed by atoms with E-state index in [1.807, 2.05) is 0 Å². The van der Waals surface area contributed by atoms with Crippen LogP contribution in [0.15, 0.2) is 24.3 Å². The highest BCUT2D eigenvalue weighted by Crippen LogP contribution is 2.34. The lowest BCUT2D eigenvalue weighted by molar-refractivity contribution is 0.102. The number of nitrogens with one attached hydrogen (secondary N) is 2. The Kier molecular flexibility index (Phi) is 5.17. The zero-order valence-corrected chi connectivity index (χ0v) is 13.7. The highest BCUT2D eigenvalue weighted by molar-refractivity contribution is 6.42. The maximum absolute atomic E-state index is 12.3. The number of hydrogen-bond donors (Lipinski definition) is 2. The van der Waals surface area contributed by atoms with Gasteiger partial charge in [-0.05, 0) is 24.3 Å². The van der Waals surface area contributed by atoms with Crippen LogP contribution in [-0.2, 0) is 0 Å². The molecule has 1 aromatic carbocycles. The second-order valence-electron chi connectivity index (χ2n) is 3.98. The van der Waals surface area contributed by atoms with Crippen molar-refractivity contribution in [2.75, 3.05) is 17.7 Å². The van der Waals surface area contributed by atoms with Crippen molar-refractivity contribution >= 4 is 63.8 Å². The summed E-state index contributed by atoms with van der Waals surface area (Å²) in [5.41, 5.74) is 0.311. The van der Waals surface area contributed by atoms with Crippen LogP contribution in [0, 0.1) is 0 Å². The minimum Gasteiger partial charge on any atom is -0.373 e. The second-order valence-corrected chi connectivity index (χ2v) is 5.63. The average molecular weight is 365 g/mol. The Morgan fingerprint density at radius 3 is 2.24 bits per heavy atom. The van der Waals surface area contributed by atoms with E-state index in [1.54, 1.807) is 19.2 Å². The Morgan fingerprint density at radius 1 is 1.05 bits per heavy atom. The number of amides is 1. The van der Waals surface area contributed by atoms with Gasteiger partial charge in [-0.15, -0.1) is 0 Å². The highest BCUT2D eigenvalue weighted by Gasteiger charge is 2.17. The van der Waals surface area contributed by atoms with Crippen LogP contribution in [0.4, 0.5) is 11.5 Å². The molecule has 0 unspecified atom stereocenters.